The molecule has 1 rings (SSSR count). The van der Waals surface area contributed by atoms with Crippen LogP contribution < -0.4 is 0 Å². The van der Waals surface area contributed by atoms with Crippen LogP contribution in [-0.2, 0) is 9.53 Å². The van der Waals surface area contributed by atoms with Gasteiger partial charge in [-0.05, 0) is 38.7 Å². The minimum absolute atomic E-state index is 0.0415. The molecule has 4 nitrogen and oxygen atoms in total. The summed E-state index contributed by atoms with van der Waals surface area (Å²) in [5.41, 5.74) is 0.663. The van der Waals surface area contributed by atoms with Crippen LogP contribution in [0.4, 0.5) is 4.39 Å². The number of likely N-dealkylation sites (N-methyl/N-ethyl adjacent to an activating group) is 2. The third-order valence-corrected chi connectivity index (χ3v) is 3.17. The predicted molar refractivity (Wildman–Crippen MR) is 77.0 cm³/mol. The Kier molecular flexibility index (Phi) is 6.61. The second-order valence-electron chi connectivity index (χ2n) is 4.83. The zero-order valence-electron chi connectivity index (χ0n) is 12.6. The first kappa shape index (κ1) is 16.6. The molecule has 0 spiro atoms. The van der Waals surface area contributed by atoms with Gasteiger partial charge >= 0.3 is 0 Å². The van der Waals surface area contributed by atoms with Crippen LogP contribution in [0.5, 0.6) is 0 Å². The Morgan fingerprint density at radius 3 is 2.60 bits per heavy atom. The van der Waals surface area contributed by atoms with Gasteiger partial charge in [0, 0.05) is 20.2 Å². The molecule has 0 fully saturated rings. The molecule has 1 aromatic rings. The van der Waals surface area contributed by atoms with Gasteiger partial charge in [-0.1, -0.05) is 12.1 Å². The molecule has 0 aromatic heterocycles. The first-order valence-electron chi connectivity index (χ1n) is 6.70. The summed E-state index contributed by atoms with van der Waals surface area (Å²) in [5, 5.41) is 0. The highest BCUT2D eigenvalue weighted by molar-refractivity contribution is 5.83. The van der Waals surface area contributed by atoms with E-state index in [1.165, 1.54) is 12.1 Å². The van der Waals surface area contributed by atoms with Crippen molar-refractivity contribution in [1.29, 1.82) is 0 Å². The number of rotatable bonds is 7. The maximum Gasteiger partial charge on any atom is 0.244 e. The Hall–Kier alpha value is -1.46. The van der Waals surface area contributed by atoms with Gasteiger partial charge in [-0.15, -0.1) is 0 Å². The quantitative estimate of drug-likeness (QED) is 0.766. The molecule has 1 atom stereocenters. The number of nitrogens with zero attached hydrogens (tertiary/aromatic N) is 2. The van der Waals surface area contributed by atoms with E-state index in [9.17, 15) is 9.18 Å². The number of hydrogen-bond donors (Lipinski definition) is 0. The first-order valence-corrected chi connectivity index (χ1v) is 6.70. The summed E-state index contributed by atoms with van der Waals surface area (Å²) >= 11 is 0. The summed E-state index contributed by atoms with van der Waals surface area (Å²) in [6.45, 7) is 3.54. The van der Waals surface area contributed by atoms with E-state index in [4.69, 9.17) is 4.74 Å². The Bertz CT molecular complexity index is 438. The molecule has 0 saturated carbocycles. The molecule has 0 saturated heterocycles. The van der Waals surface area contributed by atoms with Crippen LogP contribution in [0.1, 0.15) is 18.5 Å². The topological polar surface area (TPSA) is 32.8 Å². The van der Waals surface area contributed by atoms with Gasteiger partial charge in [0.1, 0.15) is 11.9 Å². The summed E-state index contributed by atoms with van der Waals surface area (Å²) in [7, 11) is 5.24. The standard InChI is InChI=1S/C15H23FN2O2/c1-5-18(9-10-20-4)15(19)14(17(2)3)12-7-6-8-13(16)11-12/h6-8,11,14H,5,9-10H2,1-4H3/t14-/m1/s1. The van der Waals surface area contributed by atoms with Crippen LogP contribution in [0, 0.1) is 5.82 Å². The van der Waals surface area contributed by atoms with E-state index in [2.05, 4.69) is 0 Å². The lowest BCUT2D eigenvalue weighted by Gasteiger charge is -2.30. The second kappa shape index (κ2) is 7.97. The highest BCUT2D eigenvalue weighted by Crippen LogP contribution is 2.21. The first-order chi connectivity index (χ1) is 9.51. The predicted octanol–water partition coefficient (Wildman–Crippen LogP) is 1.92. The number of benzene rings is 1. The number of ether oxygens (including phenoxy) is 1. The molecule has 0 N–H and O–H groups in total. The average molecular weight is 282 g/mol. The Labute approximate surface area is 120 Å². The van der Waals surface area contributed by atoms with Gasteiger partial charge in [0.15, 0.2) is 0 Å². The Balaban J connectivity index is 2.98. The van der Waals surface area contributed by atoms with Crippen molar-refractivity contribution in [1.82, 2.24) is 9.80 Å². The van der Waals surface area contributed by atoms with E-state index >= 15 is 0 Å². The molecule has 0 unspecified atom stereocenters. The zero-order valence-corrected chi connectivity index (χ0v) is 12.6. The minimum Gasteiger partial charge on any atom is -0.383 e. The summed E-state index contributed by atoms with van der Waals surface area (Å²) in [6, 6.07) is 5.70. The largest absolute Gasteiger partial charge is 0.383 e. The van der Waals surface area contributed by atoms with Crippen LogP contribution in [0.3, 0.4) is 0 Å². The number of amides is 1. The van der Waals surface area contributed by atoms with Crippen molar-refractivity contribution in [3.63, 3.8) is 0 Å². The molecule has 0 aliphatic rings. The fraction of sp³-hybridized carbons (Fsp3) is 0.533. The molecule has 1 amide bonds. The maximum atomic E-state index is 13.4. The molecule has 0 aliphatic carbocycles. The zero-order chi connectivity index (χ0) is 15.1. The Morgan fingerprint density at radius 2 is 2.10 bits per heavy atom. The highest BCUT2D eigenvalue weighted by Gasteiger charge is 2.27. The highest BCUT2D eigenvalue weighted by atomic mass is 19.1. The molecule has 5 heteroatoms. The van der Waals surface area contributed by atoms with Crippen LogP contribution in [0.15, 0.2) is 24.3 Å². The van der Waals surface area contributed by atoms with Gasteiger partial charge in [-0.25, -0.2) is 4.39 Å². The van der Waals surface area contributed by atoms with Gasteiger partial charge in [0.05, 0.1) is 6.61 Å². The van der Waals surface area contributed by atoms with E-state index in [1.807, 2.05) is 21.0 Å². The molecule has 0 bridgehead atoms. The summed E-state index contributed by atoms with van der Waals surface area (Å²) < 4.78 is 18.4. The van der Waals surface area contributed by atoms with Gasteiger partial charge in [0.25, 0.3) is 0 Å². The van der Waals surface area contributed by atoms with Crippen molar-refractivity contribution in [2.75, 3.05) is 40.9 Å². The molecule has 0 aliphatic heterocycles. The molecule has 0 heterocycles. The SMILES string of the molecule is CCN(CCOC)C(=O)[C@@H](c1cccc(F)c1)N(C)C. The average Bonchev–Trinajstić information content (AvgIpc) is 2.39. The van der Waals surface area contributed by atoms with E-state index in [1.54, 1.807) is 29.0 Å². The fourth-order valence-corrected chi connectivity index (χ4v) is 2.14. The smallest absolute Gasteiger partial charge is 0.244 e. The second-order valence-corrected chi connectivity index (χ2v) is 4.83. The van der Waals surface area contributed by atoms with Crippen LogP contribution >= 0.6 is 0 Å². The van der Waals surface area contributed by atoms with E-state index in [0.29, 0.717) is 25.3 Å². The summed E-state index contributed by atoms with van der Waals surface area (Å²) in [4.78, 5) is 16.2. The lowest BCUT2D eigenvalue weighted by atomic mass is 10.0. The van der Waals surface area contributed by atoms with Gasteiger partial charge < -0.3 is 9.64 Å². The lowest BCUT2D eigenvalue weighted by molar-refractivity contribution is -0.136. The van der Waals surface area contributed by atoms with Crippen LogP contribution in [0.2, 0.25) is 0 Å². The molecule has 1 aromatic carbocycles. The molecule has 20 heavy (non-hydrogen) atoms. The summed E-state index contributed by atoms with van der Waals surface area (Å²) in [6.07, 6.45) is 0. The number of methoxy groups -OCH3 is 1. The Morgan fingerprint density at radius 1 is 1.40 bits per heavy atom. The minimum atomic E-state index is -0.484. The van der Waals surface area contributed by atoms with Crippen LogP contribution in [-0.4, -0.2) is 56.6 Å². The van der Waals surface area contributed by atoms with Crippen molar-refractivity contribution < 1.29 is 13.9 Å². The normalized spacial score (nSPS) is 12.5. The van der Waals surface area contributed by atoms with Crippen molar-refractivity contribution >= 4 is 5.91 Å². The third-order valence-electron chi connectivity index (χ3n) is 3.17. The lowest BCUT2D eigenvalue weighted by Crippen LogP contribution is -2.42. The fourth-order valence-electron chi connectivity index (χ4n) is 2.14. The monoisotopic (exact) mass is 282 g/mol. The van der Waals surface area contributed by atoms with Gasteiger partial charge in [-0.3, -0.25) is 9.69 Å². The number of carbonyl (C=O) groups excluding carboxylic acids is 1. The number of hydrogen-bond acceptors (Lipinski definition) is 3. The van der Waals surface area contributed by atoms with Crippen molar-refractivity contribution in [3.8, 4) is 0 Å². The van der Waals surface area contributed by atoms with Crippen LogP contribution in [0.25, 0.3) is 0 Å². The van der Waals surface area contributed by atoms with E-state index < -0.39 is 6.04 Å². The van der Waals surface area contributed by atoms with Crippen molar-refractivity contribution in [3.05, 3.63) is 35.6 Å². The van der Waals surface area contributed by atoms with E-state index in [-0.39, 0.29) is 11.7 Å². The molecular weight excluding hydrogens is 259 g/mol. The van der Waals surface area contributed by atoms with Crippen molar-refractivity contribution in [2.24, 2.45) is 0 Å². The maximum absolute atomic E-state index is 13.4. The van der Waals surface area contributed by atoms with Crippen molar-refractivity contribution in [2.45, 2.75) is 13.0 Å². The molecular formula is C15H23FN2O2. The third kappa shape index (κ3) is 4.28. The number of halogens is 1. The number of carbonyl (C=O) groups is 1. The molecule has 0 radical (unpaired) electrons. The summed E-state index contributed by atoms with van der Waals surface area (Å²) in [5.74, 6) is -0.373. The van der Waals surface area contributed by atoms with E-state index in [0.717, 1.165) is 0 Å². The molecule has 112 valence electrons. The van der Waals surface area contributed by atoms with Gasteiger partial charge in [0.2, 0.25) is 5.91 Å². The van der Waals surface area contributed by atoms with Gasteiger partial charge in [-0.2, -0.15) is 0 Å².